The highest BCUT2D eigenvalue weighted by Gasteiger charge is 2.19. The molecular formula is C8H10ClN3O3. The predicted molar refractivity (Wildman–Crippen MR) is 55.8 cm³/mol. The van der Waals surface area contributed by atoms with Crippen molar-refractivity contribution in [3.8, 4) is 5.75 Å². The van der Waals surface area contributed by atoms with Crippen molar-refractivity contribution in [1.29, 1.82) is 0 Å². The van der Waals surface area contributed by atoms with Crippen LogP contribution in [0.2, 0.25) is 5.02 Å². The van der Waals surface area contributed by atoms with Crippen LogP contribution in [0.25, 0.3) is 0 Å². The molecule has 0 aliphatic rings. The molecule has 1 aromatic rings. The van der Waals surface area contributed by atoms with Crippen LogP contribution in [0, 0.1) is 10.1 Å². The molecule has 0 spiro atoms. The number of nitrogens with zero attached hydrogens (tertiary/aromatic N) is 1. The van der Waals surface area contributed by atoms with Crippen LogP contribution in [0.1, 0.15) is 11.6 Å². The van der Waals surface area contributed by atoms with Gasteiger partial charge in [-0.2, -0.15) is 0 Å². The van der Waals surface area contributed by atoms with E-state index < -0.39 is 11.0 Å². The molecule has 0 radical (unpaired) electrons. The standard InChI is InChI=1S/C8H10ClN3O3/c9-5-2-8(13)4(6(11)3-10)1-7(5)12(14)15/h1-2,6,13H,3,10-11H2/t6-/m0/s1. The summed E-state index contributed by atoms with van der Waals surface area (Å²) in [5, 5.41) is 19.9. The first-order valence-corrected chi connectivity index (χ1v) is 4.47. The van der Waals surface area contributed by atoms with Crippen LogP contribution in [0.5, 0.6) is 5.75 Å². The van der Waals surface area contributed by atoms with E-state index in [1.807, 2.05) is 0 Å². The molecule has 82 valence electrons. The van der Waals surface area contributed by atoms with Gasteiger partial charge in [-0.25, -0.2) is 0 Å². The summed E-state index contributed by atoms with van der Waals surface area (Å²) in [6.45, 7) is 0.0757. The SMILES string of the molecule is NC[C@H](N)c1cc([N+](=O)[O-])c(Cl)cc1O. The zero-order valence-electron chi connectivity index (χ0n) is 7.68. The van der Waals surface area contributed by atoms with E-state index in [0.29, 0.717) is 0 Å². The molecule has 5 N–H and O–H groups in total. The van der Waals surface area contributed by atoms with Crippen LogP contribution in [-0.2, 0) is 0 Å². The molecule has 15 heavy (non-hydrogen) atoms. The summed E-state index contributed by atoms with van der Waals surface area (Å²) in [6.07, 6.45) is 0. The van der Waals surface area contributed by atoms with E-state index in [1.165, 1.54) is 0 Å². The predicted octanol–water partition coefficient (Wildman–Crippen LogP) is 0.912. The Kier molecular flexibility index (Phi) is 3.46. The molecule has 1 rings (SSSR count). The molecule has 0 saturated heterocycles. The number of benzene rings is 1. The van der Waals surface area contributed by atoms with Gasteiger partial charge in [0.15, 0.2) is 0 Å². The lowest BCUT2D eigenvalue weighted by atomic mass is 10.1. The minimum absolute atomic E-state index is 0.0757. The van der Waals surface area contributed by atoms with Gasteiger partial charge in [-0.1, -0.05) is 11.6 Å². The van der Waals surface area contributed by atoms with Crippen LogP contribution in [0.4, 0.5) is 5.69 Å². The van der Waals surface area contributed by atoms with Crippen LogP contribution in [0.15, 0.2) is 12.1 Å². The Labute approximate surface area is 90.6 Å². The number of hydrogen-bond donors (Lipinski definition) is 3. The summed E-state index contributed by atoms with van der Waals surface area (Å²) in [6, 6.07) is 1.57. The minimum Gasteiger partial charge on any atom is -0.508 e. The number of rotatable bonds is 3. The number of hydrogen-bond acceptors (Lipinski definition) is 5. The fraction of sp³-hybridized carbons (Fsp3) is 0.250. The normalized spacial score (nSPS) is 12.5. The largest absolute Gasteiger partial charge is 0.508 e. The maximum Gasteiger partial charge on any atom is 0.288 e. The number of phenolic OH excluding ortho intramolecular Hbond substituents is 1. The third-order valence-corrected chi connectivity index (χ3v) is 2.25. The summed E-state index contributed by atoms with van der Waals surface area (Å²) < 4.78 is 0. The molecule has 0 heterocycles. The number of halogens is 1. The molecular weight excluding hydrogens is 222 g/mol. The molecule has 0 bridgehead atoms. The summed E-state index contributed by atoms with van der Waals surface area (Å²) in [5.74, 6) is -0.191. The zero-order valence-corrected chi connectivity index (χ0v) is 8.44. The summed E-state index contributed by atoms with van der Waals surface area (Å²) in [7, 11) is 0. The highest BCUT2D eigenvalue weighted by atomic mass is 35.5. The summed E-state index contributed by atoms with van der Waals surface area (Å²) in [5.41, 5.74) is 10.8. The second-order valence-electron chi connectivity index (χ2n) is 2.96. The molecule has 0 saturated carbocycles. The molecule has 1 aromatic carbocycles. The summed E-state index contributed by atoms with van der Waals surface area (Å²) in [4.78, 5) is 9.92. The van der Waals surface area contributed by atoms with Crippen molar-refractivity contribution < 1.29 is 10.0 Å². The van der Waals surface area contributed by atoms with E-state index in [-0.39, 0.29) is 28.6 Å². The van der Waals surface area contributed by atoms with Crippen LogP contribution in [0.3, 0.4) is 0 Å². The monoisotopic (exact) mass is 231 g/mol. The van der Waals surface area contributed by atoms with Crippen molar-refractivity contribution in [1.82, 2.24) is 0 Å². The van der Waals surface area contributed by atoms with Gasteiger partial charge in [0.1, 0.15) is 10.8 Å². The topological polar surface area (TPSA) is 115 Å². The third-order valence-electron chi connectivity index (χ3n) is 1.95. The first-order valence-electron chi connectivity index (χ1n) is 4.09. The molecule has 1 atom stereocenters. The Morgan fingerprint density at radius 2 is 2.20 bits per heavy atom. The average molecular weight is 232 g/mol. The zero-order chi connectivity index (χ0) is 11.6. The van der Waals surface area contributed by atoms with E-state index in [2.05, 4.69) is 0 Å². The summed E-state index contributed by atoms with van der Waals surface area (Å²) >= 11 is 5.57. The average Bonchev–Trinajstić information content (AvgIpc) is 2.16. The Morgan fingerprint density at radius 1 is 1.60 bits per heavy atom. The lowest BCUT2D eigenvalue weighted by molar-refractivity contribution is -0.384. The molecule has 0 aliphatic heterocycles. The maximum absolute atomic E-state index is 10.6. The Balaban J connectivity index is 3.29. The maximum atomic E-state index is 10.6. The lowest BCUT2D eigenvalue weighted by Crippen LogP contribution is -2.20. The van der Waals surface area contributed by atoms with E-state index in [0.717, 1.165) is 12.1 Å². The van der Waals surface area contributed by atoms with E-state index in [1.54, 1.807) is 0 Å². The Morgan fingerprint density at radius 3 is 2.67 bits per heavy atom. The van der Waals surface area contributed by atoms with Gasteiger partial charge < -0.3 is 16.6 Å². The second kappa shape index (κ2) is 4.43. The van der Waals surface area contributed by atoms with Crippen molar-refractivity contribution in [2.24, 2.45) is 11.5 Å². The van der Waals surface area contributed by atoms with Crippen LogP contribution >= 0.6 is 11.6 Å². The fourth-order valence-electron chi connectivity index (χ4n) is 1.13. The molecule has 0 aliphatic carbocycles. The molecule has 0 aromatic heterocycles. The molecule has 0 amide bonds. The van der Waals surface area contributed by atoms with Gasteiger partial charge >= 0.3 is 0 Å². The number of nitrogens with two attached hydrogens (primary N) is 2. The smallest absolute Gasteiger partial charge is 0.288 e. The number of phenols is 1. The van der Waals surface area contributed by atoms with Crippen molar-refractivity contribution in [2.75, 3.05) is 6.54 Å². The van der Waals surface area contributed by atoms with Gasteiger partial charge in [-0.15, -0.1) is 0 Å². The first kappa shape index (κ1) is 11.7. The van der Waals surface area contributed by atoms with Crippen molar-refractivity contribution in [3.05, 3.63) is 32.8 Å². The second-order valence-corrected chi connectivity index (χ2v) is 3.37. The first-order chi connectivity index (χ1) is 6.97. The molecule has 7 heteroatoms. The van der Waals surface area contributed by atoms with Crippen molar-refractivity contribution >= 4 is 17.3 Å². The highest BCUT2D eigenvalue weighted by molar-refractivity contribution is 6.32. The van der Waals surface area contributed by atoms with Crippen molar-refractivity contribution in [2.45, 2.75) is 6.04 Å². The number of nitro benzene ring substituents is 1. The molecule has 0 fully saturated rings. The van der Waals surface area contributed by atoms with Crippen molar-refractivity contribution in [3.63, 3.8) is 0 Å². The molecule has 0 unspecified atom stereocenters. The van der Waals surface area contributed by atoms with Crippen LogP contribution in [-0.4, -0.2) is 16.6 Å². The third kappa shape index (κ3) is 2.35. The van der Waals surface area contributed by atoms with Gasteiger partial charge in [-0.3, -0.25) is 10.1 Å². The fourth-order valence-corrected chi connectivity index (χ4v) is 1.36. The van der Waals surface area contributed by atoms with E-state index in [4.69, 9.17) is 23.1 Å². The quantitative estimate of drug-likeness (QED) is 0.528. The minimum atomic E-state index is -0.652. The number of aromatic hydroxyl groups is 1. The van der Waals surface area contributed by atoms with Gasteiger partial charge in [0, 0.05) is 30.3 Å². The Bertz CT molecular complexity index is 397. The van der Waals surface area contributed by atoms with E-state index >= 15 is 0 Å². The highest BCUT2D eigenvalue weighted by Crippen LogP contribution is 2.33. The van der Waals surface area contributed by atoms with Crippen LogP contribution < -0.4 is 11.5 Å². The van der Waals surface area contributed by atoms with Gasteiger partial charge in [0.05, 0.1) is 4.92 Å². The molecule has 6 nitrogen and oxygen atoms in total. The lowest BCUT2D eigenvalue weighted by Gasteiger charge is -2.11. The van der Waals surface area contributed by atoms with Gasteiger partial charge in [-0.05, 0) is 0 Å². The van der Waals surface area contributed by atoms with Gasteiger partial charge in [0.2, 0.25) is 0 Å². The number of nitro groups is 1. The van der Waals surface area contributed by atoms with Gasteiger partial charge in [0.25, 0.3) is 5.69 Å². The van der Waals surface area contributed by atoms with E-state index in [9.17, 15) is 15.2 Å². The Hall–Kier alpha value is -1.37.